The van der Waals surface area contributed by atoms with E-state index >= 15 is 0 Å². The van der Waals surface area contributed by atoms with Gasteiger partial charge in [-0.25, -0.2) is 22.2 Å². The number of nitrogens with one attached hydrogen (secondary N) is 1. The Labute approximate surface area is 227 Å². The third-order valence-corrected chi connectivity index (χ3v) is 9.93. The van der Waals surface area contributed by atoms with Gasteiger partial charge in [0.25, 0.3) is 11.8 Å². The van der Waals surface area contributed by atoms with Crippen LogP contribution in [0, 0.1) is 12.3 Å². The smallest absolute Gasteiger partial charge is 0.258 e. The summed E-state index contributed by atoms with van der Waals surface area (Å²) in [5.41, 5.74) is 1.87. The minimum atomic E-state index is -3.63. The highest BCUT2D eigenvalue weighted by Crippen LogP contribution is 2.54. The molecule has 1 saturated carbocycles. The fourth-order valence-electron chi connectivity index (χ4n) is 5.41. The van der Waals surface area contributed by atoms with Crippen molar-refractivity contribution in [2.24, 2.45) is 5.41 Å². The number of hydrogen-bond donors (Lipinski definition) is 2. The molecule has 0 unspecified atom stereocenters. The van der Waals surface area contributed by atoms with Gasteiger partial charge in [-0.1, -0.05) is 0 Å². The molecule has 2 N–H and O–H groups in total. The fraction of sp³-hybridized carbons (Fsp3) is 0.593. The molecule has 0 bridgehead atoms. The molecular weight excluding hydrogens is 528 g/mol. The number of piperidine rings is 2. The lowest BCUT2D eigenvalue weighted by Crippen LogP contribution is -2.40. The van der Waals surface area contributed by atoms with E-state index in [2.05, 4.69) is 20.2 Å². The molecule has 212 valence electrons. The van der Waals surface area contributed by atoms with E-state index in [9.17, 15) is 22.0 Å². The first-order valence-corrected chi connectivity index (χ1v) is 15.2. The Bertz CT molecular complexity index is 1330. The Morgan fingerprint density at radius 1 is 1.00 bits per heavy atom. The fourth-order valence-corrected chi connectivity index (χ4v) is 6.72. The van der Waals surface area contributed by atoms with Gasteiger partial charge in [-0.2, -0.15) is 4.98 Å². The molecule has 1 aromatic heterocycles. The molecule has 5 rings (SSSR count). The number of aryl methyl sites for hydroxylation is 1. The molecule has 2 saturated heterocycles. The molecule has 1 aliphatic carbocycles. The van der Waals surface area contributed by atoms with Gasteiger partial charge in [0.15, 0.2) is 9.84 Å². The quantitative estimate of drug-likeness (QED) is 0.498. The third-order valence-electron chi connectivity index (χ3n) is 8.13. The highest BCUT2D eigenvalue weighted by atomic mass is 32.2. The SMILES string of the molecule is Cc1cc(NC(=O)c2ccc(S(=O)(=O)CCCO)cc2N2CCC3(CC2)CC3)nc(N2CCC(F)(F)CC2)n1. The number of aliphatic hydroxyl groups is 1. The number of amides is 1. The van der Waals surface area contributed by atoms with Gasteiger partial charge in [0.05, 0.1) is 21.9 Å². The summed E-state index contributed by atoms with van der Waals surface area (Å²) in [6, 6.07) is 6.14. The van der Waals surface area contributed by atoms with Gasteiger partial charge in [0.1, 0.15) is 5.82 Å². The average Bonchev–Trinajstić information content (AvgIpc) is 3.65. The van der Waals surface area contributed by atoms with Gasteiger partial charge in [-0.3, -0.25) is 4.79 Å². The molecule has 12 heteroatoms. The molecule has 3 heterocycles. The Hall–Kier alpha value is -2.86. The van der Waals surface area contributed by atoms with Gasteiger partial charge in [-0.15, -0.1) is 0 Å². The van der Waals surface area contributed by atoms with Gasteiger partial charge < -0.3 is 20.2 Å². The number of rotatable bonds is 8. The molecule has 0 atom stereocenters. The van der Waals surface area contributed by atoms with Crippen LogP contribution in [0.15, 0.2) is 29.2 Å². The predicted molar refractivity (Wildman–Crippen MR) is 144 cm³/mol. The number of anilines is 3. The van der Waals surface area contributed by atoms with Crippen LogP contribution in [0.4, 0.5) is 26.2 Å². The largest absolute Gasteiger partial charge is 0.396 e. The molecule has 3 aliphatic rings. The number of halogens is 2. The van der Waals surface area contributed by atoms with E-state index in [1.807, 2.05) is 0 Å². The first-order valence-electron chi connectivity index (χ1n) is 13.5. The molecule has 2 aromatic rings. The van der Waals surface area contributed by atoms with Crippen molar-refractivity contribution in [3.8, 4) is 0 Å². The Morgan fingerprint density at radius 3 is 2.31 bits per heavy atom. The van der Waals surface area contributed by atoms with Crippen LogP contribution in [0.3, 0.4) is 0 Å². The zero-order chi connectivity index (χ0) is 27.8. The zero-order valence-corrected chi connectivity index (χ0v) is 22.9. The number of carbonyl (C=O) groups is 1. The predicted octanol–water partition coefficient (Wildman–Crippen LogP) is 3.81. The van der Waals surface area contributed by atoms with E-state index in [1.54, 1.807) is 24.0 Å². The maximum Gasteiger partial charge on any atom is 0.258 e. The third kappa shape index (κ3) is 6.32. The molecule has 0 radical (unpaired) electrons. The van der Waals surface area contributed by atoms with E-state index in [1.165, 1.54) is 25.0 Å². The lowest BCUT2D eigenvalue weighted by Gasteiger charge is -2.35. The van der Waals surface area contributed by atoms with Crippen molar-refractivity contribution in [2.75, 3.05) is 53.7 Å². The van der Waals surface area contributed by atoms with Crippen LogP contribution in [-0.4, -0.2) is 73.9 Å². The van der Waals surface area contributed by atoms with Crippen molar-refractivity contribution in [2.45, 2.75) is 62.7 Å². The van der Waals surface area contributed by atoms with E-state index < -0.39 is 21.7 Å². The van der Waals surface area contributed by atoms with E-state index in [-0.39, 0.29) is 61.4 Å². The lowest BCUT2D eigenvalue weighted by atomic mass is 9.93. The highest BCUT2D eigenvalue weighted by Gasteiger charge is 2.44. The molecule has 1 aromatic carbocycles. The topological polar surface area (TPSA) is 116 Å². The van der Waals surface area contributed by atoms with Gasteiger partial charge >= 0.3 is 0 Å². The standard InChI is InChI=1S/C27H35F2N5O4S/c1-19-17-23(32-25(30-19)34-13-9-27(28,29)10-14-34)31-24(36)21-4-3-20(39(37,38)16-2-15-35)18-22(21)33-11-7-26(5-6-26)8-12-33/h3-4,17-18,35H,2,5-16H2,1H3,(H,30,31,32,36). The van der Waals surface area contributed by atoms with Crippen LogP contribution in [0.25, 0.3) is 0 Å². The molecule has 1 spiro atoms. The second-order valence-electron chi connectivity index (χ2n) is 11.1. The maximum absolute atomic E-state index is 13.6. The van der Waals surface area contributed by atoms with Crippen molar-refractivity contribution >= 4 is 33.2 Å². The molecule has 9 nitrogen and oxygen atoms in total. The number of nitrogens with zero attached hydrogens (tertiary/aromatic N) is 4. The molecule has 2 aliphatic heterocycles. The van der Waals surface area contributed by atoms with Crippen LogP contribution in [0.2, 0.25) is 0 Å². The minimum Gasteiger partial charge on any atom is -0.396 e. The lowest BCUT2D eigenvalue weighted by molar-refractivity contribution is -0.0222. The first-order chi connectivity index (χ1) is 18.5. The number of aliphatic hydroxyl groups excluding tert-OH is 1. The summed E-state index contributed by atoms with van der Waals surface area (Å²) < 4.78 is 53.0. The summed E-state index contributed by atoms with van der Waals surface area (Å²) in [4.78, 5) is 26.3. The van der Waals surface area contributed by atoms with Gasteiger partial charge in [-0.05, 0) is 62.6 Å². The number of hydrogen-bond acceptors (Lipinski definition) is 8. The molecule has 39 heavy (non-hydrogen) atoms. The summed E-state index contributed by atoms with van der Waals surface area (Å²) in [6.07, 6.45) is 4.01. The number of alkyl halides is 2. The summed E-state index contributed by atoms with van der Waals surface area (Å²) >= 11 is 0. The number of benzene rings is 1. The van der Waals surface area contributed by atoms with E-state index in [0.717, 1.165) is 25.9 Å². The van der Waals surface area contributed by atoms with Crippen molar-refractivity contribution in [1.82, 2.24) is 9.97 Å². The maximum atomic E-state index is 13.6. The number of aromatic nitrogens is 2. The van der Waals surface area contributed by atoms with Crippen molar-refractivity contribution in [3.05, 3.63) is 35.5 Å². The van der Waals surface area contributed by atoms with Crippen LogP contribution < -0.4 is 15.1 Å². The van der Waals surface area contributed by atoms with Gasteiger partial charge in [0, 0.05) is 57.4 Å². The summed E-state index contributed by atoms with van der Waals surface area (Å²) in [5.74, 6) is -2.77. The van der Waals surface area contributed by atoms with Crippen LogP contribution in [0.5, 0.6) is 0 Å². The van der Waals surface area contributed by atoms with Crippen molar-refractivity contribution < 1.29 is 27.1 Å². The summed E-state index contributed by atoms with van der Waals surface area (Å²) in [7, 11) is -3.63. The molecule has 1 amide bonds. The molecular formula is C27H35F2N5O4S. The van der Waals surface area contributed by atoms with Crippen LogP contribution in [-0.2, 0) is 9.84 Å². The number of carbonyl (C=O) groups excluding carboxylic acids is 1. The Morgan fingerprint density at radius 2 is 1.67 bits per heavy atom. The van der Waals surface area contributed by atoms with E-state index in [0.29, 0.717) is 22.4 Å². The van der Waals surface area contributed by atoms with Crippen molar-refractivity contribution in [1.29, 1.82) is 0 Å². The first kappa shape index (κ1) is 27.7. The monoisotopic (exact) mass is 563 g/mol. The second kappa shape index (κ2) is 10.6. The van der Waals surface area contributed by atoms with Crippen LogP contribution >= 0.6 is 0 Å². The Balaban J connectivity index is 1.40. The summed E-state index contributed by atoms with van der Waals surface area (Å²) in [5, 5.41) is 11.9. The van der Waals surface area contributed by atoms with Gasteiger partial charge in [0.2, 0.25) is 5.95 Å². The van der Waals surface area contributed by atoms with E-state index in [4.69, 9.17) is 5.11 Å². The number of sulfone groups is 1. The molecule has 3 fully saturated rings. The minimum absolute atomic E-state index is 0.122. The van der Waals surface area contributed by atoms with Crippen molar-refractivity contribution in [3.63, 3.8) is 0 Å². The Kier molecular flexibility index (Phi) is 7.53. The normalized spacial score (nSPS) is 20.2. The van der Waals surface area contributed by atoms with Crippen LogP contribution in [0.1, 0.15) is 61.0 Å². The highest BCUT2D eigenvalue weighted by molar-refractivity contribution is 7.91. The second-order valence-corrected chi connectivity index (χ2v) is 13.2. The average molecular weight is 564 g/mol. The summed E-state index contributed by atoms with van der Waals surface area (Å²) in [6.45, 7) is 3.24. The zero-order valence-electron chi connectivity index (χ0n) is 22.1.